The Hall–Kier alpha value is -2.12. The molecule has 4 rings (SSSR count). The first-order valence-corrected chi connectivity index (χ1v) is 11.0. The quantitative estimate of drug-likeness (QED) is 0.664. The molecule has 28 heavy (non-hydrogen) atoms. The Balaban J connectivity index is 1.36. The van der Waals surface area contributed by atoms with Crippen LogP contribution in [0.15, 0.2) is 31.0 Å². The van der Waals surface area contributed by atoms with E-state index in [-0.39, 0.29) is 0 Å². The SMILES string of the molecule is C=CN/C=C(\N)CN(C)C1CCC(Nc2ncnc3sc4c(c23)CCC4)CC1. The van der Waals surface area contributed by atoms with E-state index in [9.17, 15) is 0 Å². The number of likely N-dealkylation sites (N-methyl/N-ethyl adjacent to an activating group) is 1. The van der Waals surface area contributed by atoms with Gasteiger partial charge in [-0.2, -0.15) is 0 Å². The average Bonchev–Trinajstić information content (AvgIpc) is 3.28. The largest absolute Gasteiger partial charge is 0.400 e. The Bertz CT molecular complexity index is 865. The van der Waals surface area contributed by atoms with Gasteiger partial charge in [-0.3, -0.25) is 4.90 Å². The van der Waals surface area contributed by atoms with Crippen molar-refractivity contribution in [3.63, 3.8) is 0 Å². The topological polar surface area (TPSA) is 79.1 Å². The lowest BCUT2D eigenvalue weighted by atomic mass is 9.90. The molecule has 0 atom stereocenters. The monoisotopic (exact) mass is 398 g/mol. The van der Waals surface area contributed by atoms with Crippen molar-refractivity contribution in [3.05, 3.63) is 41.4 Å². The zero-order valence-electron chi connectivity index (χ0n) is 16.6. The second-order valence-electron chi connectivity index (χ2n) is 7.91. The van der Waals surface area contributed by atoms with Crippen molar-refractivity contribution in [1.29, 1.82) is 0 Å². The Labute approximate surface area is 170 Å². The van der Waals surface area contributed by atoms with Gasteiger partial charge in [-0.05, 0) is 63.8 Å². The highest BCUT2D eigenvalue weighted by Crippen LogP contribution is 2.39. The third-order valence-corrected chi connectivity index (χ3v) is 7.18. The van der Waals surface area contributed by atoms with Gasteiger partial charge >= 0.3 is 0 Å². The van der Waals surface area contributed by atoms with Crippen molar-refractivity contribution in [2.45, 2.75) is 57.0 Å². The minimum Gasteiger partial charge on any atom is -0.400 e. The molecule has 6 nitrogen and oxygen atoms in total. The van der Waals surface area contributed by atoms with Crippen molar-refractivity contribution in [1.82, 2.24) is 20.2 Å². The van der Waals surface area contributed by atoms with Gasteiger partial charge in [0.25, 0.3) is 0 Å². The average molecular weight is 399 g/mol. The minimum atomic E-state index is 0.482. The molecule has 0 amide bonds. The van der Waals surface area contributed by atoms with Gasteiger partial charge < -0.3 is 16.4 Å². The summed E-state index contributed by atoms with van der Waals surface area (Å²) in [5.74, 6) is 1.05. The third-order valence-electron chi connectivity index (χ3n) is 5.98. The maximum atomic E-state index is 6.07. The number of rotatable bonds is 7. The summed E-state index contributed by atoms with van der Waals surface area (Å²) in [5.41, 5.74) is 8.39. The fourth-order valence-electron chi connectivity index (χ4n) is 4.52. The molecule has 0 unspecified atom stereocenters. The van der Waals surface area contributed by atoms with Crippen molar-refractivity contribution < 1.29 is 0 Å². The van der Waals surface area contributed by atoms with Gasteiger partial charge in [0, 0.05) is 35.4 Å². The summed E-state index contributed by atoms with van der Waals surface area (Å²) in [6, 6.07) is 1.06. The molecule has 7 heteroatoms. The summed E-state index contributed by atoms with van der Waals surface area (Å²) in [4.78, 5) is 14.1. The number of thiophene rings is 1. The summed E-state index contributed by atoms with van der Waals surface area (Å²) in [5, 5.41) is 7.98. The second-order valence-corrected chi connectivity index (χ2v) is 9.00. The first-order valence-electron chi connectivity index (χ1n) is 10.2. The van der Waals surface area contributed by atoms with Crippen molar-refractivity contribution >= 4 is 27.4 Å². The van der Waals surface area contributed by atoms with Gasteiger partial charge in [-0.25, -0.2) is 9.97 Å². The molecule has 2 aliphatic rings. The van der Waals surface area contributed by atoms with Gasteiger partial charge in [-0.1, -0.05) is 6.58 Å². The van der Waals surface area contributed by atoms with Crippen LogP contribution < -0.4 is 16.4 Å². The van der Waals surface area contributed by atoms with E-state index in [1.807, 2.05) is 17.5 Å². The van der Waals surface area contributed by atoms with Crippen LogP contribution in [0.3, 0.4) is 0 Å². The molecule has 0 spiro atoms. The van der Waals surface area contributed by atoms with E-state index in [0.29, 0.717) is 12.1 Å². The summed E-state index contributed by atoms with van der Waals surface area (Å²) in [6.07, 6.45) is 13.5. The van der Waals surface area contributed by atoms with Gasteiger partial charge in [-0.15, -0.1) is 11.3 Å². The van der Waals surface area contributed by atoms with Crippen LogP contribution in [-0.4, -0.2) is 40.5 Å². The van der Waals surface area contributed by atoms with Crippen LogP contribution in [0.1, 0.15) is 42.5 Å². The van der Waals surface area contributed by atoms with Gasteiger partial charge in [0.15, 0.2) is 0 Å². The standard InChI is InChI=1S/C21H30N6S/c1-3-23-11-14(22)12-27(2)16-9-7-15(8-10-16)26-20-19-17-5-4-6-18(17)28-21(19)25-13-24-20/h3,11,13,15-16,23H,1,4-10,12,22H2,2H3,(H,24,25,26)/b14-11-. The zero-order valence-corrected chi connectivity index (χ0v) is 17.4. The van der Waals surface area contributed by atoms with Crippen LogP contribution in [0, 0.1) is 0 Å². The van der Waals surface area contributed by atoms with Gasteiger partial charge in [0.1, 0.15) is 17.0 Å². The molecule has 1 saturated carbocycles. The number of fused-ring (bicyclic) bond motifs is 3. The van der Waals surface area contributed by atoms with E-state index < -0.39 is 0 Å². The highest BCUT2D eigenvalue weighted by atomic mass is 32.1. The fourth-order valence-corrected chi connectivity index (χ4v) is 5.75. The first-order chi connectivity index (χ1) is 13.7. The highest BCUT2D eigenvalue weighted by molar-refractivity contribution is 7.19. The molecule has 2 heterocycles. The molecule has 0 bridgehead atoms. The second kappa shape index (κ2) is 8.49. The number of aryl methyl sites for hydroxylation is 2. The number of hydrogen-bond acceptors (Lipinski definition) is 7. The third kappa shape index (κ3) is 4.00. The van der Waals surface area contributed by atoms with Crippen LogP contribution in [0.4, 0.5) is 5.82 Å². The van der Waals surface area contributed by atoms with Crippen LogP contribution in [0.5, 0.6) is 0 Å². The molecule has 4 N–H and O–H groups in total. The predicted octanol–water partition coefficient (Wildman–Crippen LogP) is 3.37. The molecule has 0 radical (unpaired) electrons. The number of aromatic nitrogens is 2. The van der Waals surface area contributed by atoms with Gasteiger partial charge in [0.2, 0.25) is 0 Å². The molecule has 150 valence electrons. The van der Waals surface area contributed by atoms with Crippen molar-refractivity contribution in [2.24, 2.45) is 5.73 Å². The molecular weight excluding hydrogens is 368 g/mol. The summed E-state index contributed by atoms with van der Waals surface area (Å²) in [6.45, 7) is 4.41. The maximum Gasteiger partial charge on any atom is 0.138 e. The maximum absolute atomic E-state index is 6.07. The molecule has 0 aliphatic heterocycles. The van der Waals surface area contributed by atoms with E-state index in [4.69, 9.17) is 5.73 Å². The molecule has 0 aromatic carbocycles. The zero-order chi connectivity index (χ0) is 19.5. The summed E-state index contributed by atoms with van der Waals surface area (Å²) < 4.78 is 0. The van der Waals surface area contributed by atoms with Crippen molar-refractivity contribution in [3.8, 4) is 0 Å². The summed E-state index contributed by atoms with van der Waals surface area (Å²) >= 11 is 1.85. The molecule has 2 aromatic heterocycles. The molecule has 2 aromatic rings. The lowest BCUT2D eigenvalue weighted by Crippen LogP contribution is -2.40. The fraction of sp³-hybridized carbons (Fsp3) is 0.524. The number of nitrogens with zero attached hydrogens (tertiary/aromatic N) is 3. The molecular formula is C21H30N6S. The minimum absolute atomic E-state index is 0.482. The highest BCUT2D eigenvalue weighted by Gasteiger charge is 2.26. The normalized spacial score (nSPS) is 22.4. The number of nitrogens with one attached hydrogen (secondary N) is 2. The van der Waals surface area contributed by atoms with Crippen molar-refractivity contribution in [2.75, 3.05) is 18.9 Å². The number of hydrogen-bond donors (Lipinski definition) is 3. The van der Waals surface area contributed by atoms with Crippen LogP contribution in [0.2, 0.25) is 0 Å². The molecule has 1 fully saturated rings. The Morgan fingerprint density at radius 3 is 2.93 bits per heavy atom. The van der Waals surface area contributed by atoms with E-state index in [0.717, 1.165) is 35.7 Å². The molecule has 0 saturated heterocycles. The first kappa shape index (κ1) is 19.2. The van der Waals surface area contributed by atoms with E-state index in [1.165, 1.54) is 47.9 Å². The lowest BCUT2D eigenvalue weighted by Gasteiger charge is -2.35. The Kier molecular flexibility index (Phi) is 5.82. The van der Waals surface area contributed by atoms with Gasteiger partial charge in [0.05, 0.1) is 5.39 Å². The number of anilines is 1. The smallest absolute Gasteiger partial charge is 0.138 e. The Morgan fingerprint density at radius 1 is 1.32 bits per heavy atom. The summed E-state index contributed by atoms with van der Waals surface area (Å²) in [7, 11) is 2.16. The Morgan fingerprint density at radius 2 is 2.14 bits per heavy atom. The predicted molar refractivity (Wildman–Crippen MR) is 117 cm³/mol. The van der Waals surface area contributed by atoms with Crippen LogP contribution in [0.25, 0.3) is 10.2 Å². The van der Waals surface area contributed by atoms with Crippen LogP contribution >= 0.6 is 11.3 Å². The van der Waals surface area contributed by atoms with E-state index >= 15 is 0 Å². The number of nitrogens with two attached hydrogens (primary N) is 1. The molecule has 2 aliphatic carbocycles. The lowest BCUT2D eigenvalue weighted by molar-refractivity contribution is 0.198. The van der Waals surface area contributed by atoms with Crippen LogP contribution in [-0.2, 0) is 12.8 Å². The van der Waals surface area contributed by atoms with E-state index in [2.05, 4.69) is 39.1 Å². The van der Waals surface area contributed by atoms with E-state index in [1.54, 1.807) is 12.5 Å².